The molecule has 3 aromatic rings. The molecule has 0 atom stereocenters. The van der Waals surface area contributed by atoms with Crippen molar-refractivity contribution in [2.75, 3.05) is 26.2 Å². The van der Waals surface area contributed by atoms with Crippen LogP contribution in [0.5, 0.6) is 0 Å². The molecule has 0 N–H and O–H groups in total. The number of aromatic nitrogens is 2. The van der Waals surface area contributed by atoms with Gasteiger partial charge in [0, 0.05) is 32.4 Å². The zero-order valence-electron chi connectivity index (χ0n) is 19.2. The molecule has 0 bridgehead atoms. The Hall–Kier alpha value is -2.71. The minimum absolute atomic E-state index is 0.0501. The van der Waals surface area contributed by atoms with Gasteiger partial charge >= 0.3 is 0 Å². The van der Waals surface area contributed by atoms with Gasteiger partial charge in [0.15, 0.2) is 0 Å². The lowest BCUT2D eigenvalue weighted by Gasteiger charge is -2.32. The quantitative estimate of drug-likeness (QED) is 0.587. The first-order valence-corrected chi connectivity index (χ1v) is 13.1. The van der Waals surface area contributed by atoms with Crippen LogP contribution in [-0.2, 0) is 10.0 Å². The topological polar surface area (TPSA) is 75.0 Å². The molecule has 0 saturated carbocycles. The minimum atomic E-state index is -3.50. The second kappa shape index (κ2) is 8.57. The molecule has 0 unspecified atom stereocenters. The molecule has 0 spiro atoms. The van der Waals surface area contributed by atoms with E-state index in [0.29, 0.717) is 23.5 Å². The number of aryl methyl sites for hydroxylation is 2. The van der Waals surface area contributed by atoms with E-state index in [4.69, 9.17) is 0 Å². The fourth-order valence-corrected chi connectivity index (χ4v) is 6.84. The van der Waals surface area contributed by atoms with Crippen LogP contribution >= 0.6 is 0 Å². The average molecular weight is 467 g/mol. The summed E-state index contributed by atoms with van der Waals surface area (Å²) < 4.78 is 29.9. The number of hydrogen-bond donors (Lipinski definition) is 0. The summed E-state index contributed by atoms with van der Waals surface area (Å²) in [6.45, 7) is 6.36. The number of likely N-dealkylation sites (tertiary alicyclic amines) is 1. The van der Waals surface area contributed by atoms with Crippen LogP contribution < -0.4 is 0 Å². The minimum Gasteiger partial charge on any atom is -0.339 e. The van der Waals surface area contributed by atoms with Crippen molar-refractivity contribution >= 4 is 21.4 Å². The Bertz CT molecular complexity index is 1300. The summed E-state index contributed by atoms with van der Waals surface area (Å²) in [5.41, 5.74) is 4.34. The van der Waals surface area contributed by atoms with Gasteiger partial charge in [-0.2, -0.15) is 9.40 Å². The van der Waals surface area contributed by atoms with E-state index >= 15 is 0 Å². The van der Waals surface area contributed by atoms with Gasteiger partial charge in [-0.3, -0.25) is 4.79 Å². The predicted octanol–water partition coefficient (Wildman–Crippen LogP) is 3.76. The fraction of sp³-hybridized carbons (Fsp3) is 0.440. The predicted molar refractivity (Wildman–Crippen MR) is 127 cm³/mol. The molecule has 0 aliphatic carbocycles. The molecule has 2 aliphatic rings. The van der Waals surface area contributed by atoms with Crippen LogP contribution in [0.4, 0.5) is 0 Å². The SMILES string of the molecule is Cc1ccc(C)c(S(=O)(=O)N2CCC(c3ccn4ncc(C(=O)N5CCCC5)c4c3)CC2)c1. The number of carbonyl (C=O) groups is 1. The van der Waals surface area contributed by atoms with Crippen molar-refractivity contribution in [2.45, 2.75) is 50.3 Å². The molecule has 174 valence electrons. The number of pyridine rings is 1. The summed E-state index contributed by atoms with van der Waals surface area (Å²) in [4.78, 5) is 15.3. The molecule has 8 heteroatoms. The number of piperidine rings is 1. The van der Waals surface area contributed by atoms with Crippen molar-refractivity contribution in [3.05, 3.63) is 65.0 Å². The maximum absolute atomic E-state index is 13.3. The Balaban J connectivity index is 1.34. The molecule has 5 rings (SSSR count). The summed E-state index contributed by atoms with van der Waals surface area (Å²) in [5, 5.41) is 4.37. The summed E-state index contributed by atoms with van der Waals surface area (Å²) in [6, 6.07) is 9.69. The fourth-order valence-electron chi connectivity index (χ4n) is 5.06. The van der Waals surface area contributed by atoms with E-state index in [9.17, 15) is 13.2 Å². The molecule has 7 nitrogen and oxygen atoms in total. The van der Waals surface area contributed by atoms with Gasteiger partial charge in [-0.05, 0) is 80.3 Å². The van der Waals surface area contributed by atoms with Crippen LogP contribution in [0.15, 0.2) is 47.6 Å². The third kappa shape index (κ3) is 4.06. The van der Waals surface area contributed by atoms with E-state index in [2.05, 4.69) is 11.2 Å². The van der Waals surface area contributed by atoms with Gasteiger partial charge in [0.2, 0.25) is 10.0 Å². The Morgan fingerprint density at radius 1 is 1.00 bits per heavy atom. The maximum Gasteiger partial charge on any atom is 0.257 e. The van der Waals surface area contributed by atoms with Gasteiger partial charge < -0.3 is 4.90 Å². The summed E-state index contributed by atoms with van der Waals surface area (Å²) >= 11 is 0. The highest BCUT2D eigenvalue weighted by molar-refractivity contribution is 7.89. The van der Waals surface area contributed by atoms with E-state index in [1.807, 2.05) is 43.1 Å². The summed E-state index contributed by atoms with van der Waals surface area (Å²) in [5.74, 6) is 0.304. The van der Waals surface area contributed by atoms with E-state index in [0.717, 1.165) is 61.0 Å². The largest absolute Gasteiger partial charge is 0.339 e. The molecule has 4 heterocycles. The van der Waals surface area contributed by atoms with Crippen LogP contribution in [0, 0.1) is 13.8 Å². The number of sulfonamides is 1. The number of nitrogens with zero attached hydrogens (tertiary/aromatic N) is 4. The zero-order valence-corrected chi connectivity index (χ0v) is 20.0. The number of rotatable bonds is 4. The van der Waals surface area contributed by atoms with E-state index in [1.165, 1.54) is 0 Å². The smallest absolute Gasteiger partial charge is 0.257 e. The third-order valence-corrected chi connectivity index (χ3v) is 9.10. The second-order valence-electron chi connectivity index (χ2n) is 9.29. The summed E-state index contributed by atoms with van der Waals surface area (Å²) in [6.07, 6.45) is 7.19. The molecular weight excluding hydrogens is 436 g/mol. The van der Waals surface area contributed by atoms with Crippen molar-refractivity contribution < 1.29 is 13.2 Å². The molecule has 2 saturated heterocycles. The Morgan fingerprint density at radius 3 is 2.45 bits per heavy atom. The lowest BCUT2D eigenvalue weighted by Crippen LogP contribution is -2.38. The van der Waals surface area contributed by atoms with Gasteiger partial charge in [-0.1, -0.05) is 12.1 Å². The molecule has 2 fully saturated rings. The molecular formula is C25H30N4O3S. The van der Waals surface area contributed by atoms with Crippen LogP contribution in [0.1, 0.15) is 58.6 Å². The lowest BCUT2D eigenvalue weighted by atomic mass is 9.90. The Kier molecular flexibility index (Phi) is 5.74. The molecule has 2 aliphatic heterocycles. The normalized spacial score (nSPS) is 18.3. The monoisotopic (exact) mass is 466 g/mol. The van der Waals surface area contributed by atoms with Crippen LogP contribution in [0.25, 0.3) is 5.52 Å². The van der Waals surface area contributed by atoms with Gasteiger partial charge in [-0.25, -0.2) is 12.9 Å². The molecule has 1 amide bonds. The maximum atomic E-state index is 13.3. The van der Waals surface area contributed by atoms with Crippen LogP contribution in [0.2, 0.25) is 0 Å². The standard InChI is InChI=1S/C25H30N4O3S/c1-18-5-6-19(2)24(15-18)33(31,32)28-12-7-20(8-13-28)21-9-14-29-23(16-21)22(17-26-29)25(30)27-10-3-4-11-27/h5-6,9,14-17,20H,3-4,7-8,10-13H2,1-2H3. The second-order valence-corrected chi connectivity index (χ2v) is 11.2. The number of benzene rings is 1. The lowest BCUT2D eigenvalue weighted by molar-refractivity contribution is 0.0794. The first-order valence-electron chi connectivity index (χ1n) is 11.7. The third-order valence-electron chi connectivity index (χ3n) is 7.06. The number of amides is 1. The number of hydrogen-bond acceptors (Lipinski definition) is 4. The summed E-state index contributed by atoms with van der Waals surface area (Å²) in [7, 11) is -3.50. The van der Waals surface area contributed by atoms with Gasteiger partial charge in [0.05, 0.1) is 22.2 Å². The highest BCUT2D eigenvalue weighted by atomic mass is 32.2. The molecule has 33 heavy (non-hydrogen) atoms. The van der Waals surface area contributed by atoms with Crippen molar-refractivity contribution in [1.29, 1.82) is 0 Å². The van der Waals surface area contributed by atoms with Crippen molar-refractivity contribution in [2.24, 2.45) is 0 Å². The first kappa shape index (κ1) is 22.1. The van der Waals surface area contributed by atoms with Gasteiger partial charge in [-0.15, -0.1) is 0 Å². The number of carbonyl (C=O) groups excluding carboxylic acids is 1. The van der Waals surface area contributed by atoms with Crippen molar-refractivity contribution in [1.82, 2.24) is 18.8 Å². The van der Waals surface area contributed by atoms with Gasteiger partial charge in [0.25, 0.3) is 5.91 Å². The van der Waals surface area contributed by atoms with E-state index < -0.39 is 10.0 Å². The number of fused-ring (bicyclic) bond motifs is 1. The highest BCUT2D eigenvalue weighted by Gasteiger charge is 2.31. The Labute approximate surface area is 195 Å². The first-order chi connectivity index (χ1) is 15.8. The molecule has 0 radical (unpaired) electrons. The van der Waals surface area contributed by atoms with E-state index in [1.54, 1.807) is 21.1 Å². The Morgan fingerprint density at radius 2 is 1.73 bits per heavy atom. The van der Waals surface area contributed by atoms with Gasteiger partial charge in [0.1, 0.15) is 0 Å². The average Bonchev–Trinajstić information content (AvgIpc) is 3.50. The molecule has 2 aromatic heterocycles. The highest BCUT2D eigenvalue weighted by Crippen LogP contribution is 2.32. The zero-order chi connectivity index (χ0) is 23.2. The van der Waals surface area contributed by atoms with Crippen molar-refractivity contribution in [3.63, 3.8) is 0 Å². The van der Waals surface area contributed by atoms with E-state index in [-0.39, 0.29) is 11.8 Å². The van der Waals surface area contributed by atoms with Crippen LogP contribution in [-0.4, -0.2) is 59.3 Å². The van der Waals surface area contributed by atoms with Crippen LogP contribution in [0.3, 0.4) is 0 Å². The van der Waals surface area contributed by atoms with Crippen molar-refractivity contribution in [3.8, 4) is 0 Å². The molecule has 1 aromatic carbocycles.